The van der Waals surface area contributed by atoms with Crippen LogP contribution in [0.25, 0.3) is 0 Å². The van der Waals surface area contributed by atoms with Crippen molar-refractivity contribution in [1.29, 1.82) is 0 Å². The molecule has 1 aromatic rings. The number of carbonyl (C=O) groups excluding carboxylic acids is 2. The first-order valence-corrected chi connectivity index (χ1v) is 7.85. The van der Waals surface area contributed by atoms with Crippen LogP contribution in [0.1, 0.15) is 13.8 Å². The predicted octanol–water partition coefficient (Wildman–Crippen LogP) is -0.230. The molecule has 1 rings (SSSR count). The van der Waals surface area contributed by atoms with Gasteiger partial charge in [0.1, 0.15) is 0 Å². The van der Waals surface area contributed by atoms with Crippen molar-refractivity contribution < 1.29 is 19.1 Å². The number of nitrogens with two attached hydrogens (primary N) is 1. The number of hydrogen-bond donors (Lipinski definition) is 5. The zero-order valence-electron chi connectivity index (χ0n) is 14.3. The maximum atomic E-state index is 11.1. The van der Waals surface area contributed by atoms with E-state index in [4.69, 9.17) is 15.2 Å². The Morgan fingerprint density at radius 2 is 1.28 bits per heavy atom. The minimum Gasteiger partial charge on any atom is -0.450 e. The molecule has 12 nitrogen and oxygen atoms in total. The highest BCUT2D eigenvalue weighted by Gasteiger charge is 2.05. The highest BCUT2D eigenvalue weighted by Crippen LogP contribution is 2.05. The summed E-state index contributed by atoms with van der Waals surface area (Å²) in [4.78, 5) is 34.3. The molecule has 1 heterocycles. The number of carbonyl (C=O) groups is 2. The van der Waals surface area contributed by atoms with Gasteiger partial charge in [0, 0.05) is 26.2 Å². The van der Waals surface area contributed by atoms with Gasteiger partial charge in [-0.1, -0.05) is 0 Å². The molecule has 25 heavy (non-hydrogen) atoms. The Balaban J connectivity index is 2.35. The Bertz CT molecular complexity index is 513. The largest absolute Gasteiger partial charge is 0.450 e. The van der Waals surface area contributed by atoms with E-state index < -0.39 is 12.2 Å². The van der Waals surface area contributed by atoms with Crippen LogP contribution in [0.3, 0.4) is 0 Å². The minimum atomic E-state index is -0.490. The average Bonchev–Trinajstić information content (AvgIpc) is 2.56. The molecule has 6 N–H and O–H groups in total. The molecule has 0 aliphatic heterocycles. The van der Waals surface area contributed by atoms with Gasteiger partial charge in [-0.2, -0.15) is 15.0 Å². The van der Waals surface area contributed by atoms with Gasteiger partial charge >= 0.3 is 12.2 Å². The smallest absolute Gasteiger partial charge is 0.407 e. The number of amides is 2. The van der Waals surface area contributed by atoms with Crippen LogP contribution in [0.15, 0.2) is 0 Å². The fourth-order valence-electron chi connectivity index (χ4n) is 1.59. The number of aromatic nitrogens is 3. The van der Waals surface area contributed by atoms with E-state index >= 15 is 0 Å². The molecule has 0 aliphatic carbocycles. The quantitative estimate of drug-likeness (QED) is 0.353. The lowest BCUT2D eigenvalue weighted by Crippen LogP contribution is -2.30. The third-order valence-corrected chi connectivity index (χ3v) is 2.56. The summed E-state index contributed by atoms with van der Waals surface area (Å²) in [6.45, 7) is 5.49. The van der Waals surface area contributed by atoms with Crippen LogP contribution in [-0.4, -0.2) is 66.5 Å². The second-order valence-electron chi connectivity index (χ2n) is 4.49. The van der Waals surface area contributed by atoms with E-state index in [0.717, 1.165) is 0 Å². The number of nitrogen functional groups attached to an aromatic ring is 1. The SMILES string of the molecule is CCOC(=O)NCCNc1nc(N)nc(NCCNC(=O)OCC)n1. The third kappa shape index (κ3) is 8.98. The molecule has 0 fully saturated rings. The second kappa shape index (κ2) is 11.5. The molecule has 0 spiro atoms. The molecular weight excluding hydrogens is 332 g/mol. The van der Waals surface area contributed by atoms with Crippen LogP contribution >= 0.6 is 0 Å². The van der Waals surface area contributed by atoms with Crippen molar-refractivity contribution in [3.05, 3.63) is 0 Å². The summed E-state index contributed by atoms with van der Waals surface area (Å²) in [6, 6.07) is 0. The average molecular weight is 356 g/mol. The number of anilines is 3. The molecule has 0 atom stereocenters. The van der Waals surface area contributed by atoms with Crippen LogP contribution in [0.2, 0.25) is 0 Å². The van der Waals surface area contributed by atoms with Crippen molar-refractivity contribution in [3.63, 3.8) is 0 Å². The number of ether oxygens (including phenoxy) is 2. The first-order chi connectivity index (χ1) is 12.0. The summed E-state index contributed by atoms with van der Waals surface area (Å²) in [5.41, 5.74) is 5.62. The lowest BCUT2D eigenvalue weighted by Gasteiger charge is -2.10. The van der Waals surface area contributed by atoms with Crippen LogP contribution in [0.5, 0.6) is 0 Å². The van der Waals surface area contributed by atoms with Crippen LogP contribution in [0.4, 0.5) is 27.4 Å². The van der Waals surface area contributed by atoms with E-state index in [1.807, 2.05) is 0 Å². The highest BCUT2D eigenvalue weighted by atomic mass is 16.6. The van der Waals surface area contributed by atoms with E-state index in [9.17, 15) is 9.59 Å². The van der Waals surface area contributed by atoms with Crippen LogP contribution in [0, 0.1) is 0 Å². The van der Waals surface area contributed by atoms with Gasteiger partial charge in [0.15, 0.2) is 0 Å². The molecular formula is C13H24N8O4. The molecule has 0 aromatic carbocycles. The second-order valence-corrected chi connectivity index (χ2v) is 4.49. The van der Waals surface area contributed by atoms with Gasteiger partial charge in [-0.15, -0.1) is 0 Å². The van der Waals surface area contributed by atoms with Gasteiger partial charge in [0.25, 0.3) is 0 Å². The van der Waals surface area contributed by atoms with E-state index in [0.29, 0.717) is 39.4 Å². The van der Waals surface area contributed by atoms with E-state index in [1.165, 1.54) is 0 Å². The Labute approximate surface area is 145 Å². The summed E-state index contributed by atoms with van der Waals surface area (Å²) in [5.74, 6) is 0.565. The van der Waals surface area contributed by atoms with E-state index in [-0.39, 0.29) is 17.8 Å². The fraction of sp³-hybridized carbons (Fsp3) is 0.615. The molecule has 1 aromatic heterocycles. The molecule has 140 valence electrons. The summed E-state index contributed by atoms with van der Waals surface area (Å²) in [6.07, 6.45) is -0.980. The normalized spacial score (nSPS) is 9.84. The summed E-state index contributed by atoms with van der Waals surface area (Å²) in [5, 5.41) is 10.9. The Hall–Kier alpha value is -3.05. The summed E-state index contributed by atoms with van der Waals surface area (Å²) in [7, 11) is 0. The molecule has 0 unspecified atom stereocenters. The van der Waals surface area contributed by atoms with Crippen molar-refractivity contribution in [1.82, 2.24) is 25.6 Å². The van der Waals surface area contributed by atoms with Gasteiger partial charge in [-0.05, 0) is 13.8 Å². The third-order valence-electron chi connectivity index (χ3n) is 2.56. The number of hydrogen-bond acceptors (Lipinski definition) is 10. The Kier molecular flexibility index (Phi) is 9.18. The van der Waals surface area contributed by atoms with Gasteiger partial charge in [0.05, 0.1) is 13.2 Å². The maximum Gasteiger partial charge on any atom is 0.407 e. The molecule has 12 heteroatoms. The first kappa shape index (κ1) is 20.0. The van der Waals surface area contributed by atoms with Gasteiger partial charge in [0.2, 0.25) is 17.8 Å². The standard InChI is InChI=1S/C13H24N8O4/c1-3-24-12(22)17-7-5-15-10-19-9(14)20-11(21-10)16-6-8-18-13(23)25-4-2/h3-8H2,1-2H3,(H,17,22)(H,18,23)(H4,14,15,16,19,20,21). The van der Waals surface area contributed by atoms with E-state index in [1.54, 1.807) is 13.8 Å². The summed E-state index contributed by atoms with van der Waals surface area (Å²) < 4.78 is 9.46. The molecule has 0 bridgehead atoms. The van der Waals surface area contributed by atoms with Crippen LogP contribution < -0.4 is 27.0 Å². The number of alkyl carbamates (subject to hydrolysis) is 2. The molecule has 0 saturated heterocycles. The van der Waals surface area contributed by atoms with Crippen molar-refractivity contribution >= 4 is 30.0 Å². The number of nitrogens with one attached hydrogen (secondary N) is 4. The van der Waals surface area contributed by atoms with Crippen molar-refractivity contribution in [2.75, 3.05) is 55.8 Å². The van der Waals surface area contributed by atoms with Gasteiger partial charge < -0.3 is 36.5 Å². The lowest BCUT2D eigenvalue weighted by atomic mass is 10.6. The Morgan fingerprint density at radius 1 is 0.840 bits per heavy atom. The zero-order chi connectivity index (χ0) is 18.5. The highest BCUT2D eigenvalue weighted by molar-refractivity contribution is 5.67. The number of rotatable bonds is 10. The van der Waals surface area contributed by atoms with Crippen molar-refractivity contribution in [2.24, 2.45) is 0 Å². The molecule has 0 saturated carbocycles. The molecule has 2 amide bonds. The predicted molar refractivity (Wildman–Crippen MR) is 91.3 cm³/mol. The van der Waals surface area contributed by atoms with E-state index in [2.05, 4.69) is 36.2 Å². The van der Waals surface area contributed by atoms with Crippen molar-refractivity contribution in [3.8, 4) is 0 Å². The maximum absolute atomic E-state index is 11.1. The number of nitrogens with zero attached hydrogens (tertiary/aromatic N) is 3. The van der Waals surface area contributed by atoms with Crippen molar-refractivity contribution in [2.45, 2.75) is 13.8 Å². The summed E-state index contributed by atoms with van der Waals surface area (Å²) >= 11 is 0. The lowest BCUT2D eigenvalue weighted by molar-refractivity contribution is 0.151. The fourth-order valence-corrected chi connectivity index (χ4v) is 1.59. The van der Waals surface area contributed by atoms with Gasteiger partial charge in [-0.3, -0.25) is 0 Å². The van der Waals surface area contributed by atoms with Gasteiger partial charge in [-0.25, -0.2) is 9.59 Å². The topological polar surface area (TPSA) is 165 Å². The first-order valence-electron chi connectivity index (χ1n) is 7.85. The monoisotopic (exact) mass is 356 g/mol. The zero-order valence-corrected chi connectivity index (χ0v) is 14.3. The molecule has 0 radical (unpaired) electrons. The Morgan fingerprint density at radius 3 is 1.68 bits per heavy atom. The van der Waals surface area contributed by atoms with Crippen LogP contribution in [-0.2, 0) is 9.47 Å². The molecule has 0 aliphatic rings. The minimum absolute atomic E-state index is 0.0386.